The molecular weight excluding hydrogens is 520 g/mol. The van der Waals surface area contributed by atoms with Crippen molar-refractivity contribution in [3.05, 3.63) is 83.5 Å². The summed E-state index contributed by atoms with van der Waals surface area (Å²) in [7, 11) is 0. The number of carbonyl (C=O) groups is 2. The van der Waals surface area contributed by atoms with Gasteiger partial charge in [0.05, 0.1) is 11.9 Å². The van der Waals surface area contributed by atoms with Gasteiger partial charge in [-0.2, -0.15) is 0 Å². The Morgan fingerprint density at radius 1 is 1.07 bits per heavy atom. The van der Waals surface area contributed by atoms with Gasteiger partial charge < -0.3 is 36.2 Å². The second-order valence-corrected chi connectivity index (χ2v) is 9.28. The Morgan fingerprint density at radius 2 is 1.82 bits per heavy atom. The number of phenols is 2. The number of aliphatic hydroxyl groups is 2. The first kappa shape index (κ1) is 26.7. The number of nitrogens with one attached hydrogen (secondary N) is 1. The Kier molecular flexibility index (Phi) is 7.17. The molecule has 7 N–H and O–H groups in total. The maximum Gasteiger partial charge on any atom is 0.255 e. The highest BCUT2D eigenvalue weighted by Gasteiger charge is 2.43. The van der Waals surface area contributed by atoms with Crippen molar-refractivity contribution in [1.82, 2.24) is 24.8 Å². The molecule has 0 radical (unpaired) electrons. The number of carbonyl (C=O) groups excluding carboxylic acids is 2. The van der Waals surface area contributed by atoms with Crippen LogP contribution in [0.4, 0.5) is 5.82 Å². The van der Waals surface area contributed by atoms with Crippen LogP contribution in [0.1, 0.15) is 38.1 Å². The van der Waals surface area contributed by atoms with Crippen LogP contribution in [0.3, 0.4) is 0 Å². The number of ketones is 1. The van der Waals surface area contributed by atoms with Crippen molar-refractivity contribution in [3.8, 4) is 11.5 Å². The molecule has 4 aromatic rings. The van der Waals surface area contributed by atoms with Crippen LogP contribution in [-0.4, -0.2) is 76.5 Å². The van der Waals surface area contributed by atoms with Gasteiger partial charge in [-0.15, -0.1) is 0 Å². The summed E-state index contributed by atoms with van der Waals surface area (Å²) >= 11 is 0. The second-order valence-electron chi connectivity index (χ2n) is 9.28. The molecule has 3 heterocycles. The van der Waals surface area contributed by atoms with E-state index in [2.05, 4.69) is 20.3 Å². The number of aromatic nitrogens is 4. The van der Waals surface area contributed by atoms with E-state index in [1.807, 2.05) is 6.92 Å². The Bertz CT molecular complexity index is 1620. The number of imidazole rings is 1. The Hall–Kier alpha value is -4.85. The van der Waals surface area contributed by atoms with Crippen molar-refractivity contribution in [2.75, 3.05) is 12.3 Å². The number of rotatable bonds is 7. The zero-order valence-electron chi connectivity index (χ0n) is 21.2. The zero-order valence-corrected chi connectivity index (χ0v) is 21.2. The molecule has 0 spiro atoms. The maximum absolute atomic E-state index is 12.8. The molecule has 206 valence electrons. The van der Waals surface area contributed by atoms with E-state index in [1.54, 1.807) is 24.3 Å². The molecule has 4 atom stereocenters. The number of fused-ring (bicyclic) bond motifs is 1. The summed E-state index contributed by atoms with van der Waals surface area (Å²) in [4.78, 5) is 37.7. The molecule has 13 nitrogen and oxygen atoms in total. The first-order valence-electron chi connectivity index (χ1n) is 12.2. The number of amides is 1. The highest BCUT2D eigenvalue weighted by atomic mass is 16.6. The largest absolute Gasteiger partial charge is 0.504 e. The third-order valence-electron chi connectivity index (χ3n) is 6.55. The number of aryl methyl sites for hydroxylation is 1. The molecule has 1 saturated heterocycles. The van der Waals surface area contributed by atoms with Crippen LogP contribution < -0.4 is 11.1 Å². The number of hydrogen-bond donors (Lipinski definition) is 6. The first-order chi connectivity index (χ1) is 19.2. The third kappa shape index (κ3) is 4.96. The zero-order chi connectivity index (χ0) is 28.6. The van der Waals surface area contributed by atoms with E-state index in [0.29, 0.717) is 16.7 Å². The summed E-state index contributed by atoms with van der Waals surface area (Å²) in [6, 6.07) is 9.09. The summed E-state index contributed by atoms with van der Waals surface area (Å²) in [5, 5.41) is 44.0. The SMILES string of the molecule is Cc1ccc(C(=O)c2cc(O)c(O)c(C(=O)NCC=C[C@H]3O[C@@H](n4cnc5c(N)ncnc54)C(O)[C@H]3O)c2)cc1. The lowest BCUT2D eigenvalue weighted by molar-refractivity contribution is -0.0245. The predicted octanol–water partition coefficient (Wildman–Crippen LogP) is 0.965. The van der Waals surface area contributed by atoms with Crippen LogP contribution in [0.15, 0.2) is 61.2 Å². The highest BCUT2D eigenvalue weighted by molar-refractivity contribution is 6.11. The van der Waals surface area contributed by atoms with Gasteiger partial charge in [-0.25, -0.2) is 15.0 Å². The van der Waals surface area contributed by atoms with E-state index in [9.17, 15) is 30.0 Å². The van der Waals surface area contributed by atoms with Crippen LogP contribution in [0.25, 0.3) is 11.2 Å². The fourth-order valence-electron chi connectivity index (χ4n) is 4.37. The second kappa shape index (κ2) is 10.7. The monoisotopic (exact) mass is 546 g/mol. The minimum absolute atomic E-state index is 0.0291. The van der Waals surface area contributed by atoms with E-state index in [0.717, 1.165) is 11.6 Å². The van der Waals surface area contributed by atoms with Crippen LogP contribution in [0, 0.1) is 6.92 Å². The van der Waals surface area contributed by atoms with Gasteiger partial charge in [0.1, 0.15) is 30.2 Å². The number of benzene rings is 2. The Morgan fingerprint density at radius 3 is 2.58 bits per heavy atom. The lowest BCUT2D eigenvalue weighted by Gasteiger charge is -2.16. The number of nitrogens with two attached hydrogens (primary N) is 1. The molecule has 5 rings (SSSR count). The summed E-state index contributed by atoms with van der Waals surface area (Å²) in [5.41, 5.74) is 7.53. The number of aromatic hydroxyl groups is 2. The van der Waals surface area contributed by atoms with E-state index in [-0.39, 0.29) is 23.5 Å². The molecule has 1 unspecified atom stereocenters. The minimum atomic E-state index is -1.31. The lowest BCUT2D eigenvalue weighted by atomic mass is 9.99. The fourth-order valence-corrected chi connectivity index (χ4v) is 4.37. The summed E-state index contributed by atoms with van der Waals surface area (Å²) < 4.78 is 7.25. The molecule has 1 fully saturated rings. The fraction of sp³-hybridized carbons (Fsp3) is 0.222. The molecule has 1 aliphatic rings. The number of anilines is 1. The van der Waals surface area contributed by atoms with Crippen molar-refractivity contribution in [2.24, 2.45) is 0 Å². The molecule has 0 aliphatic carbocycles. The third-order valence-corrected chi connectivity index (χ3v) is 6.55. The topological polar surface area (TPSA) is 206 Å². The van der Waals surface area contributed by atoms with Crippen LogP contribution in [-0.2, 0) is 4.74 Å². The number of ether oxygens (including phenoxy) is 1. The van der Waals surface area contributed by atoms with Crippen molar-refractivity contribution in [3.63, 3.8) is 0 Å². The summed E-state index contributed by atoms with van der Waals surface area (Å²) in [6.45, 7) is 1.82. The van der Waals surface area contributed by atoms with Gasteiger partial charge in [0.15, 0.2) is 35.0 Å². The van der Waals surface area contributed by atoms with Gasteiger partial charge in [0.2, 0.25) is 0 Å². The van der Waals surface area contributed by atoms with Gasteiger partial charge >= 0.3 is 0 Å². The minimum Gasteiger partial charge on any atom is -0.504 e. The van der Waals surface area contributed by atoms with Crippen LogP contribution >= 0.6 is 0 Å². The molecule has 40 heavy (non-hydrogen) atoms. The van der Waals surface area contributed by atoms with Gasteiger partial charge in [0, 0.05) is 17.7 Å². The Balaban J connectivity index is 1.25. The molecule has 1 aliphatic heterocycles. The quantitative estimate of drug-likeness (QED) is 0.109. The maximum atomic E-state index is 12.8. The average Bonchev–Trinajstić information content (AvgIpc) is 3.49. The van der Waals surface area contributed by atoms with Crippen LogP contribution in [0.5, 0.6) is 11.5 Å². The smallest absolute Gasteiger partial charge is 0.255 e. The summed E-state index contributed by atoms with van der Waals surface area (Å²) in [5.74, 6) is -2.29. The number of hydrogen-bond acceptors (Lipinski definition) is 11. The normalized spacial score (nSPS) is 20.8. The van der Waals surface area contributed by atoms with Gasteiger partial charge in [-0.05, 0) is 19.1 Å². The van der Waals surface area contributed by atoms with Gasteiger partial charge in [-0.1, -0.05) is 42.0 Å². The predicted molar refractivity (Wildman–Crippen MR) is 142 cm³/mol. The number of aliphatic hydroxyl groups excluding tert-OH is 2. The van der Waals surface area contributed by atoms with Crippen molar-refractivity contribution >= 4 is 28.7 Å². The number of nitrogen functional groups attached to an aromatic ring is 1. The molecular formula is C27H26N6O7. The number of nitrogens with zero attached hydrogens (tertiary/aromatic N) is 4. The first-order valence-corrected chi connectivity index (χ1v) is 12.2. The lowest BCUT2D eigenvalue weighted by Crippen LogP contribution is -2.31. The van der Waals surface area contributed by atoms with Crippen molar-refractivity contribution in [1.29, 1.82) is 0 Å². The molecule has 0 saturated carbocycles. The standard InChI is InChI=1S/C27H26N6O7/c1-13-4-6-14(7-5-13)20(35)15-9-16(21(36)17(34)10-15)26(39)29-8-2-3-18-22(37)23(38)27(40-18)33-12-32-19-24(28)30-11-31-25(19)33/h2-7,9-12,18,22-23,27,34,36-38H,8H2,1H3,(H,29,39)(H2,28,30,31)/t18-,22+,23?,27-/m1/s1. The van der Waals surface area contributed by atoms with E-state index in [1.165, 1.54) is 35.4 Å². The molecule has 2 aromatic heterocycles. The van der Waals surface area contributed by atoms with Gasteiger partial charge in [-0.3, -0.25) is 14.2 Å². The van der Waals surface area contributed by atoms with E-state index in [4.69, 9.17) is 10.5 Å². The van der Waals surface area contributed by atoms with Crippen LogP contribution in [0.2, 0.25) is 0 Å². The van der Waals surface area contributed by atoms with Gasteiger partial charge in [0.25, 0.3) is 5.91 Å². The molecule has 0 bridgehead atoms. The number of phenolic OH excluding ortho intramolecular Hbond substituents is 2. The molecule has 1 amide bonds. The van der Waals surface area contributed by atoms with E-state index < -0.39 is 47.7 Å². The highest BCUT2D eigenvalue weighted by Crippen LogP contribution is 2.33. The molecule has 13 heteroatoms. The van der Waals surface area contributed by atoms with E-state index >= 15 is 0 Å². The molecule has 2 aromatic carbocycles. The van der Waals surface area contributed by atoms with Crippen molar-refractivity contribution < 1.29 is 34.8 Å². The Labute approximate surface area is 227 Å². The average molecular weight is 547 g/mol. The summed E-state index contributed by atoms with van der Waals surface area (Å²) in [6.07, 6.45) is 1.04. The van der Waals surface area contributed by atoms with Crippen molar-refractivity contribution in [2.45, 2.75) is 31.5 Å².